The number of aryl methyl sites for hydroxylation is 1. The Morgan fingerprint density at radius 1 is 0.963 bits per heavy atom. The van der Waals surface area contributed by atoms with Gasteiger partial charge in [0, 0.05) is 32.4 Å². The third kappa shape index (κ3) is 3.63. The van der Waals surface area contributed by atoms with Gasteiger partial charge >= 0.3 is 0 Å². The minimum atomic E-state index is 0.621. The number of hydrogen-bond acceptors (Lipinski definition) is 6. The second-order valence-corrected chi connectivity index (χ2v) is 7.19. The molecule has 8 heteroatoms. The molecule has 27 heavy (non-hydrogen) atoms. The Labute approximate surface area is 163 Å². The van der Waals surface area contributed by atoms with Crippen LogP contribution in [-0.4, -0.2) is 55.9 Å². The van der Waals surface area contributed by atoms with Crippen LogP contribution in [0.4, 0.5) is 5.82 Å². The number of aromatic nitrogens is 5. The van der Waals surface area contributed by atoms with Crippen LogP contribution in [-0.2, 0) is 6.67 Å². The maximum atomic E-state index is 5.63. The average Bonchev–Trinajstić information content (AvgIpc) is 3.05. The second-order valence-electron chi connectivity index (χ2n) is 6.83. The molecule has 0 radical (unpaired) electrons. The smallest absolute Gasteiger partial charge is 0.221 e. The highest BCUT2D eigenvalue weighted by Gasteiger charge is 2.19. The molecule has 0 N–H and O–H groups in total. The van der Waals surface area contributed by atoms with E-state index in [1.54, 1.807) is 9.36 Å². The van der Waals surface area contributed by atoms with Crippen molar-refractivity contribution >= 4 is 18.0 Å². The van der Waals surface area contributed by atoms with Gasteiger partial charge < -0.3 is 4.90 Å². The summed E-state index contributed by atoms with van der Waals surface area (Å²) < 4.78 is 4.17. The van der Waals surface area contributed by atoms with E-state index in [9.17, 15) is 0 Å². The van der Waals surface area contributed by atoms with Crippen molar-refractivity contribution in [2.45, 2.75) is 20.5 Å². The summed E-state index contributed by atoms with van der Waals surface area (Å²) in [4.78, 5) is 9.09. The van der Waals surface area contributed by atoms with Gasteiger partial charge in [-0.2, -0.15) is 4.68 Å². The Kier molecular flexibility index (Phi) is 5.00. The molecule has 1 aromatic carbocycles. The van der Waals surface area contributed by atoms with Crippen molar-refractivity contribution in [3.63, 3.8) is 0 Å². The molecular weight excluding hydrogens is 358 g/mol. The number of hydrogen-bond donors (Lipinski definition) is 0. The van der Waals surface area contributed by atoms with Crippen molar-refractivity contribution in [1.82, 2.24) is 29.7 Å². The number of pyridine rings is 1. The highest BCUT2D eigenvalue weighted by atomic mass is 32.1. The molecule has 0 saturated carbocycles. The van der Waals surface area contributed by atoms with E-state index in [0.29, 0.717) is 11.4 Å². The molecule has 2 aromatic heterocycles. The molecule has 4 rings (SSSR count). The van der Waals surface area contributed by atoms with E-state index >= 15 is 0 Å². The van der Waals surface area contributed by atoms with Crippen LogP contribution in [0.1, 0.15) is 11.1 Å². The van der Waals surface area contributed by atoms with E-state index in [-0.39, 0.29) is 0 Å². The standard InChI is InChI=1S/C19H23N7S/c1-15-6-5-7-17(16(15)2)26-19(27)25(21-22-26)14-23-10-12-24(13-11-23)18-8-3-4-9-20-18/h3-9H,10-14H2,1-2H3. The van der Waals surface area contributed by atoms with Crippen LogP contribution in [0, 0.1) is 18.6 Å². The lowest BCUT2D eigenvalue weighted by Gasteiger charge is -2.34. The van der Waals surface area contributed by atoms with Crippen LogP contribution >= 0.6 is 12.2 Å². The third-order valence-corrected chi connectivity index (χ3v) is 5.51. The zero-order valence-electron chi connectivity index (χ0n) is 15.6. The Bertz CT molecular complexity index is 971. The number of nitrogens with zero attached hydrogens (tertiary/aromatic N) is 7. The summed E-state index contributed by atoms with van der Waals surface area (Å²) in [6, 6.07) is 12.2. The zero-order valence-corrected chi connectivity index (χ0v) is 16.4. The van der Waals surface area contributed by atoms with Crippen LogP contribution in [0.3, 0.4) is 0 Å². The lowest BCUT2D eigenvalue weighted by molar-refractivity contribution is 0.192. The molecule has 0 amide bonds. The Morgan fingerprint density at radius 2 is 1.78 bits per heavy atom. The summed E-state index contributed by atoms with van der Waals surface area (Å²) in [5.41, 5.74) is 3.38. The van der Waals surface area contributed by atoms with Crippen molar-refractivity contribution < 1.29 is 0 Å². The van der Waals surface area contributed by atoms with Crippen LogP contribution in [0.25, 0.3) is 5.69 Å². The molecule has 1 fully saturated rings. The summed E-state index contributed by atoms with van der Waals surface area (Å²) in [6.07, 6.45) is 1.84. The van der Waals surface area contributed by atoms with Crippen molar-refractivity contribution in [3.05, 3.63) is 58.5 Å². The van der Waals surface area contributed by atoms with Crippen molar-refractivity contribution in [2.24, 2.45) is 0 Å². The maximum absolute atomic E-state index is 5.63. The van der Waals surface area contributed by atoms with Gasteiger partial charge in [-0.05, 0) is 65.8 Å². The van der Waals surface area contributed by atoms with Gasteiger partial charge in [0.05, 0.1) is 12.4 Å². The van der Waals surface area contributed by atoms with E-state index < -0.39 is 0 Å². The predicted molar refractivity (Wildman–Crippen MR) is 108 cm³/mol. The predicted octanol–water partition coefficient (Wildman–Crippen LogP) is 2.59. The first-order chi connectivity index (χ1) is 13.1. The van der Waals surface area contributed by atoms with Crippen LogP contribution in [0.2, 0.25) is 0 Å². The van der Waals surface area contributed by atoms with E-state index in [0.717, 1.165) is 37.7 Å². The van der Waals surface area contributed by atoms with Gasteiger partial charge in [0.25, 0.3) is 0 Å². The monoisotopic (exact) mass is 381 g/mol. The number of rotatable bonds is 4. The fourth-order valence-electron chi connectivity index (χ4n) is 3.33. The number of piperazine rings is 1. The molecule has 7 nitrogen and oxygen atoms in total. The number of anilines is 1. The molecule has 1 aliphatic rings. The topological polar surface area (TPSA) is 55.0 Å². The fourth-order valence-corrected chi connectivity index (χ4v) is 3.56. The summed E-state index contributed by atoms with van der Waals surface area (Å²) in [7, 11) is 0. The van der Waals surface area contributed by atoms with Crippen LogP contribution < -0.4 is 4.90 Å². The molecule has 0 unspecified atom stereocenters. The summed E-state index contributed by atoms with van der Waals surface area (Å²) in [5, 5.41) is 8.59. The van der Waals surface area contributed by atoms with Gasteiger partial charge in [0.1, 0.15) is 5.82 Å². The third-order valence-electron chi connectivity index (χ3n) is 5.12. The molecule has 3 heterocycles. The normalized spacial score (nSPS) is 15.3. The first-order valence-electron chi connectivity index (χ1n) is 9.11. The van der Waals surface area contributed by atoms with E-state index in [1.807, 2.05) is 30.5 Å². The lowest BCUT2D eigenvalue weighted by Crippen LogP contribution is -2.47. The maximum Gasteiger partial charge on any atom is 0.221 e. The molecule has 0 atom stereocenters. The van der Waals surface area contributed by atoms with Crippen molar-refractivity contribution in [1.29, 1.82) is 0 Å². The van der Waals surface area contributed by atoms with Gasteiger partial charge in [-0.3, -0.25) is 4.90 Å². The highest BCUT2D eigenvalue weighted by Crippen LogP contribution is 2.17. The highest BCUT2D eigenvalue weighted by molar-refractivity contribution is 7.71. The minimum Gasteiger partial charge on any atom is -0.354 e. The summed E-state index contributed by atoms with van der Waals surface area (Å²) in [5.74, 6) is 1.04. The first kappa shape index (κ1) is 17.8. The molecular formula is C19H23N7S. The minimum absolute atomic E-state index is 0.621. The molecule has 1 saturated heterocycles. The molecule has 0 bridgehead atoms. The van der Waals surface area contributed by atoms with Gasteiger partial charge in [-0.1, -0.05) is 18.2 Å². The molecule has 3 aromatic rings. The van der Waals surface area contributed by atoms with Crippen LogP contribution in [0.5, 0.6) is 0 Å². The zero-order chi connectivity index (χ0) is 18.8. The van der Waals surface area contributed by atoms with Gasteiger partial charge in [0.2, 0.25) is 4.77 Å². The van der Waals surface area contributed by atoms with E-state index in [1.165, 1.54) is 11.1 Å². The van der Waals surface area contributed by atoms with Crippen LogP contribution in [0.15, 0.2) is 42.6 Å². The molecule has 0 aliphatic carbocycles. The molecule has 140 valence electrons. The fraction of sp³-hybridized carbons (Fsp3) is 0.368. The average molecular weight is 382 g/mol. The Balaban J connectivity index is 1.45. The molecule has 0 spiro atoms. The Hall–Kier alpha value is -2.58. The van der Waals surface area contributed by atoms with Gasteiger partial charge in [0.15, 0.2) is 0 Å². The SMILES string of the molecule is Cc1cccc(-n2nnn(CN3CCN(c4ccccn4)CC3)c2=S)c1C. The van der Waals surface area contributed by atoms with E-state index in [4.69, 9.17) is 12.2 Å². The second kappa shape index (κ2) is 7.58. The summed E-state index contributed by atoms with van der Waals surface area (Å²) >= 11 is 5.63. The van der Waals surface area contributed by atoms with E-state index in [2.05, 4.69) is 51.2 Å². The van der Waals surface area contributed by atoms with Gasteiger partial charge in [-0.25, -0.2) is 9.67 Å². The largest absolute Gasteiger partial charge is 0.354 e. The first-order valence-corrected chi connectivity index (χ1v) is 9.52. The Morgan fingerprint density at radius 3 is 2.52 bits per heavy atom. The van der Waals surface area contributed by atoms with Crippen molar-refractivity contribution in [2.75, 3.05) is 31.1 Å². The lowest BCUT2D eigenvalue weighted by atomic mass is 10.1. The molecule has 1 aliphatic heterocycles. The van der Waals surface area contributed by atoms with Crippen molar-refractivity contribution in [3.8, 4) is 5.69 Å². The van der Waals surface area contributed by atoms with Gasteiger partial charge in [-0.15, -0.1) is 0 Å². The number of tetrazole rings is 1. The quantitative estimate of drug-likeness (QED) is 0.648. The number of benzene rings is 1. The summed E-state index contributed by atoms with van der Waals surface area (Å²) in [6.45, 7) is 8.59.